The molecule has 1 heterocycles. The Balaban J connectivity index is 1.55. The summed E-state index contributed by atoms with van der Waals surface area (Å²) in [6.45, 7) is 3.22. The van der Waals surface area contributed by atoms with Crippen LogP contribution in [0.5, 0.6) is 0 Å². The Hall–Kier alpha value is -0.820. The predicted octanol–water partition coefficient (Wildman–Crippen LogP) is 2.91. The molecular formula is C16H26F3NO3. The van der Waals surface area contributed by atoms with Gasteiger partial charge in [-0.05, 0) is 32.1 Å². The van der Waals surface area contributed by atoms with Gasteiger partial charge in [0.25, 0.3) is 0 Å². The average molecular weight is 337 g/mol. The third kappa shape index (κ3) is 6.30. The number of hydrogen-bond acceptors (Lipinski definition) is 3. The van der Waals surface area contributed by atoms with Gasteiger partial charge in [-0.15, -0.1) is 0 Å². The summed E-state index contributed by atoms with van der Waals surface area (Å²) in [6, 6.07) is 0. The largest absolute Gasteiger partial charge is 0.391 e. The lowest BCUT2D eigenvalue weighted by Gasteiger charge is -2.29. The van der Waals surface area contributed by atoms with Gasteiger partial charge >= 0.3 is 6.18 Å². The second kappa shape index (κ2) is 8.87. The topological polar surface area (TPSA) is 47.6 Å². The highest BCUT2D eigenvalue weighted by Gasteiger charge is 2.43. The van der Waals surface area contributed by atoms with E-state index in [2.05, 4.69) is 5.32 Å². The molecule has 1 saturated carbocycles. The number of nitrogens with one attached hydrogen (secondary N) is 1. The zero-order valence-electron chi connectivity index (χ0n) is 13.4. The highest BCUT2D eigenvalue weighted by Crippen LogP contribution is 2.39. The van der Waals surface area contributed by atoms with Gasteiger partial charge in [-0.1, -0.05) is 6.42 Å². The molecule has 2 fully saturated rings. The summed E-state index contributed by atoms with van der Waals surface area (Å²) in [5.74, 6) is -1.62. The number of hydrogen-bond donors (Lipinski definition) is 1. The molecule has 0 radical (unpaired) electrons. The fourth-order valence-electron chi connectivity index (χ4n) is 3.22. The fourth-order valence-corrected chi connectivity index (χ4v) is 3.22. The first-order valence-corrected chi connectivity index (χ1v) is 8.46. The molecule has 3 atom stereocenters. The lowest BCUT2D eigenvalue weighted by Crippen LogP contribution is -2.37. The predicted molar refractivity (Wildman–Crippen MR) is 78.9 cm³/mol. The van der Waals surface area contributed by atoms with Gasteiger partial charge in [-0.25, -0.2) is 0 Å². The third-order valence-electron chi connectivity index (χ3n) is 4.65. The fraction of sp³-hybridized carbons (Fsp3) is 0.938. The van der Waals surface area contributed by atoms with Crippen molar-refractivity contribution in [3.63, 3.8) is 0 Å². The van der Waals surface area contributed by atoms with Crippen molar-refractivity contribution in [3.8, 4) is 0 Å². The minimum atomic E-state index is -4.18. The van der Waals surface area contributed by atoms with Gasteiger partial charge < -0.3 is 14.8 Å². The number of alkyl halides is 3. The number of carbonyl (C=O) groups excluding carboxylic acids is 1. The highest BCUT2D eigenvalue weighted by atomic mass is 19.4. The van der Waals surface area contributed by atoms with E-state index in [0.29, 0.717) is 44.9 Å². The minimum absolute atomic E-state index is 0.0759. The average Bonchev–Trinajstić information content (AvgIpc) is 3.03. The molecule has 1 amide bonds. The van der Waals surface area contributed by atoms with E-state index >= 15 is 0 Å². The van der Waals surface area contributed by atoms with Crippen LogP contribution in [0.15, 0.2) is 0 Å². The van der Waals surface area contributed by atoms with E-state index in [0.717, 1.165) is 19.6 Å². The van der Waals surface area contributed by atoms with E-state index in [-0.39, 0.29) is 18.7 Å². The standard InChI is InChI=1S/C16H26F3NO3/c17-16(18,19)14-4-1-3-13(9-14)15(21)20-6-2-7-22-10-12-5-8-23-11-12/h12-14H,1-11H2,(H,20,21)/t12-,13+,14-/m0/s1. The summed E-state index contributed by atoms with van der Waals surface area (Å²) in [7, 11) is 0. The van der Waals surface area contributed by atoms with Crippen molar-refractivity contribution < 1.29 is 27.4 Å². The van der Waals surface area contributed by atoms with E-state index in [4.69, 9.17) is 9.47 Å². The summed E-state index contributed by atoms with van der Waals surface area (Å²) >= 11 is 0. The number of halogens is 3. The minimum Gasteiger partial charge on any atom is -0.381 e. The number of rotatable bonds is 7. The summed E-state index contributed by atoms with van der Waals surface area (Å²) in [5, 5.41) is 2.74. The smallest absolute Gasteiger partial charge is 0.381 e. The molecule has 2 rings (SSSR count). The number of ether oxygens (including phenoxy) is 2. The first kappa shape index (κ1) is 18.5. The van der Waals surface area contributed by atoms with Crippen molar-refractivity contribution in [2.45, 2.75) is 44.7 Å². The lowest BCUT2D eigenvalue weighted by molar-refractivity contribution is -0.186. The quantitative estimate of drug-likeness (QED) is 0.727. The van der Waals surface area contributed by atoms with E-state index in [1.165, 1.54) is 0 Å². The molecule has 0 spiro atoms. The Morgan fingerprint density at radius 2 is 2.09 bits per heavy atom. The maximum Gasteiger partial charge on any atom is 0.391 e. The highest BCUT2D eigenvalue weighted by molar-refractivity contribution is 5.78. The molecule has 1 aliphatic heterocycles. The monoisotopic (exact) mass is 337 g/mol. The van der Waals surface area contributed by atoms with Crippen molar-refractivity contribution in [1.29, 1.82) is 0 Å². The molecule has 0 aromatic rings. The van der Waals surface area contributed by atoms with Crippen LogP contribution < -0.4 is 5.32 Å². The Morgan fingerprint density at radius 3 is 2.78 bits per heavy atom. The van der Waals surface area contributed by atoms with Crippen LogP contribution in [-0.4, -0.2) is 45.1 Å². The van der Waals surface area contributed by atoms with E-state index in [9.17, 15) is 18.0 Å². The molecule has 0 unspecified atom stereocenters. The molecule has 1 saturated heterocycles. The van der Waals surface area contributed by atoms with Crippen molar-refractivity contribution in [2.75, 3.05) is 33.0 Å². The van der Waals surface area contributed by atoms with Gasteiger partial charge in [-0.3, -0.25) is 4.79 Å². The van der Waals surface area contributed by atoms with Crippen molar-refractivity contribution >= 4 is 5.91 Å². The molecule has 134 valence electrons. The zero-order chi connectivity index (χ0) is 16.7. The molecule has 1 aliphatic carbocycles. The lowest BCUT2D eigenvalue weighted by atomic mass is 9.80. The van der Waals surface area contributed by atoms with Gasteiger partial charge in [0, 0.05) is 31.6 Å². The summed E-state index contributed by atoms with van der Waals surface area (Å²) < 4.78 is 49.0. The van der Waals surface area contributed by atoms with E-state index in [1.807, 2.05) is 0 Å². The first-order chi connectivity index (χ1) is 11.0. The van der Waals surface area contributed by atoms with Crippen molar-refractivity contribution in [1.82, 2.24) is 5.32 Å². The van der Waals surface area contributed by atoms with Crippen molar-refractivity contribution in [2.24, 2.45) is 17.8 Å². The third-order valence-corrected chi connectivity index (χ3v) is 4.65. The van der Waals surface area contributed by atoms with Crippen LogP contribution in [0.3, 0.4) is 0 Å². The molecular weight excluding hydrogens is 311 g/mol. The Kier molecular flexibility index (Phi) is 7.14. The Morgan fingerprint density at radius 1 is 1.26 bits per heavy atom. The van der Waals surface area contributed by atoms with E-state index in [1.54, 1.807) is 0 Å². The molecule has 7 heteroatoms. The van der Waals surface area contributed by atoms with Gasteiger partial charge in [0.1, 0.15) is 0 Å². The van der Waals surface area contributed by atoms with Gasteiger partial charge in [0.15, 0.2) is 0 Å². The maximum atomic E-state index is 12.7. The number of amides is 1. The number of carbonyl (C=O) groups is 1. The molecule has 0 bridgehead atoms. The van der Waals surface area contributed by atoms with Crippen LogP contribution in [-0.2, 0) is 14.3 Å². The molecule has 0 aromatic carbocycles. The first-order valence-electron chi connectivity index (χ1n) is 8.46. The second-order valence-electron chi connectivity index (χ2n) is 6.55. The Bertz CT molecular complexity index is 370. The van der Waals surface area contributed by atoms with Crippen LogP contribution >= 0.6 is 0 Å². The molecule has 4 nitrogen and oxygen atoms in total. The van der Waals surface area contributed by atoms with Gasteiger partial charge in [0.2, 0.25) is 5.91 Å². The normalized spacial score (nSPS) is 28.7. The van der Waals surface area contributed by atoms with Gasteiger partial charge in [0.05, 0.1) is 19.1 Å². The Labute approximate surface area is 135 Å². The summed E-state index contributed by atoms with van der Waals surface area (Å²) in [6.07, 6.45) is -1.39. The molecule has 2 aliphatic rings. The van der Waals surface area contributed by atoms with Crippen LogP contribution in [0.2, 0.25) is 0 Å². The maximum absolute atomic E-state index is 12.7. The molecule has 1 N–H and O–H groups in total. The second-order valence-corrected chi connectivity index (χ2v) is 6.55. The van der Waals surface area contributed by atoms with Crippen LogP contribution in [0, 0.1) is 17.8 Å². The van der Waals surface area contributed by atoms with E-state index < -0.39 is 18.0 Å². The van der Waals surface area contributed by atoms with Crippen molar-refractivity contribution in [3.05, 3.63) is 0 Å². The summed E-state index contributed by atoms with van der Waals surface area (Å²) in [5.41, 5.74) is 0. The van der Waals surface area contributed by atoms with Crippen LogP contribution in [0.1, 0.15) is 38.5 Å². The zero-order valence-corrected chi connectivity index (χ0v) is 13.4. The molecule has 23 heavy (non-hydrogen) atoms. The van der Waals surface area contributed by atoms with Gasteiger partial charge in [-0.2, -0.15) is 13.2 Å². The SMILES string of the molecule is O=C(NCCCOC[C@@H]1CCOC1)[C@@H]1CCC[C@H](C(F)(F)F)C1. The molecule has 0 aromatic heterocycles. The summed E-state index contributed by atoms with van der Waals surface area (Å²) in [4.78, 5) is 12.0. The van der Waals surface area contributed by atoms with Crippen LogP contribution in [0.4, 0.5) is 13.2 Å². The van der Waals surface area contributed by atoms with Crippen LogP contribution in [0.25, 0.3) is 0 Å².